The van der Waals surface area contributed by atoms with Crippen LogP contribution in [0, 0.1) is 11.3 Å². The Hall–Kier alpha value is -2.19. The van der Waals surface area contributed by atoms with E-state index in [9.17, 15) is 24.3 Å². The third kappa shape index (κ3) is 13.5. The van der Waals surface area contributed by atoms with E-state index in [1.165, 1.54) is 0 Å². The predicted octanol–water partition coefficient (Wildman–Crippen LogP) is -1.20. The van der Waals surface area contributed by atoms with Crippen LogP contribution in [0.4, 0.5) is 0 Å². The molecule has 0 heterocycles. The average molecular weight is 522 g/mol. The standard InChI is InChI=1S/C20H39N7O5S2/c1-11(2)10-15(18(30)26-14(6-9-34)19(31)32)27-17(29)13(4-3-7-24-20(22)23)25-16(28)12(21)5-8-33/h11-15,33-34H,3-10,21H2,1-2H3,(H,25,28)(H,26,30)(H,27,29)(H,31,32)(H4,22,23,24)/t12-,13+,14+,15+/m1/s1. The highest BCUT2D eigenvalue weighted by Crippen LogP contribution is 2.08. The van der Waals surface area contributed by atoms with Gasteiger partial charge in [0.2, 0.25) is 17.7 Å². The first kappa shape index (κ1) is 31.8. The normalized spacial score (nSPS) is 14.4. The fourth-order valence-corrected chi connectivity index (χ4v) is 3.52. The summed E-state index contributed by atoms with van der Waals surface area (Å²) in [6, 6.07) is -3.99. The van der Waals surface area contributed by atoms with E-state index < -0.39 is 47.9 Å². The largest absolute Gasteiger partial charge is 0.480 e. The van der Waals surface area contributed by atoms with Gasteiger partial charge in [0.1, 0.15) is 18.1 Å². The summed E-state index contributed by atoms with van der Waals surface area (Å²) in [4.78, 5) is 49.7. The van der Waals surface area contributed by atoms with Crippen LogP contribution >= 0.6 is 25.3 Å². The first-order valence-electron chi connectivity index (χ1n) is 11.1. The van der Waals surface area contributed by atoms with E-state index in [0.29, 0.717) is 25.1 Å². The maximum Gasteiger partial charge on any atom is 0.326 e. The van der Waals surface area contributed by atoms with E-state index in [2.05, 4.69) is 46.5 Å². The number of nitrogens with two attached hydrogens (primary N) is 2. The van der Waals surface area contributed by atoms with Gasteiger partial charge < -0.3 is 37.8 Å². The Balaban J connectivity index is 5.47. The Morgan fingerprint density at radius 2 is 1.41 bits per heavy atom. The van der Waals surface area contributed by atoms with E-state index in [1.807, 2.05) is 13.8 Å². The number of hydrogen-bond acceptors (Lipinski definition) is 8. The molecule has 0 aliphatic rings. The van der Waals surface area contributed by atoms with Gasteiger partial charge in [-0.1, -0.05) is 13.8 Å². The fourth-order valence-electron chi connectivity index (χ4n) is 2.98. The number of carboxylic acids is 1. The summed E-state index contributed by atoms with van der Waals surface area (Å²) >= 11 is 8.08. The number of rotatable bonds is 17. The second kappa shape index (κ2) is 17.3. The van der Waals surface area contributed by atoms with Crippen molar-refractivity contribution in [3.8, 4) is 0 Å². The fraction of sp³-hybridized carbons (Fsp3) is 0.750. The number of carbonyl (C=O) groups is 4. The summed E-state index contributed by atoms with van der Waals surface area (Å²) in [6.07, 6.45) is 1.28. The van der Waals surface area contributed by atoms with Crippen molar-refractivity contribution in [2.45, 2.75) is 70.1 Å². The Morgan fingerprint density at radius 1 is 0.882 bits per heavy atom. The summed E-state index contributed by atoms with van der Waals surface area (Å²) in [5, 5.41) is 26.8. The highest BCUT2D eigenvalue weighted by molar-refractivity contribution is 7.80. The van der Waals surface area contributed by atoms with Crippen LogP contribution in [0.15, 0.2) is 0 Å². The molecule has 0 aromatic heterocycles. The molecule has 0 unspecified atom stereocenters. The lowest BCUT2D eigenvalue weighted by Crippen LogP contribution is -2.57. The second-order valence-electron chi connectivity index (χ2n) is 8.27. The average Bonchev–Trinajstić information content (AvgIpc) is 2.74. The van der Waals surface area contributed by atoms with Gasteiger partial charge in [-0.3, -0.25) is 19.8 Å². The van der Waals surface area contributed by atoms with Crippen LogP contribution in [-0.2, 0) is 19.2 Å². The number of aliphatic carboxylic acids is 1. The molecular formula is C20H39N7O5S2. The lowest BCUT2D eigenvalue weighted by atomic mass is 10.0. The van der Waals surface area contributed by atoms with E-state index in [1.54, 1.807) is 0 Å². The molecule has 0 spiro atoms. The maximum atomic E-state index is 13.1. The first-order valence-corrected chi connectivity index (χ1v) is 12.4. The van der Waals surface area contributed by atoms with Gasteiger partial charge in [0.05, 0.1) is 6.04 Å². The number of amides is 3. The van der Waals surface area contributed by atoms with E-state index in [-0.39, 0.29) is 36.9 Å². The van der Waals surface area contributed by atoms with Crippen molar-refractivity contribution in [1.82, 2.24) is 21.3 Å². The summed E-state index contributed by atoms with van der Waals surface area (Å²) in [7, 11) is 0. The highest BCUT2D eigenvalue weighted by atomic mass is 32.1. The molecule has 4 atom stereocenters. The Labute approximate surface area is 211 Å². The molecule has 0 aromatic carbocycles. The molecule has 0 aromatic rings. The molecule has 12 nitrogen and oxygen atoms in total. The van der Waals surface area contributed by atoms with Crippen LogP contribution in [-0.4, -0.2) is 77.0 Å². The van der Waals surface area contributed by atoms with Gasteiger partial charge in [0, 0.05) is 6.54 Å². The van der Waals surface area contributed by atoms with Gasteiger partial charge in [-0.05, 0) is 49.5 Å². The van der Waals surface area contributed by atoms with E-state index in [4.69, 9.17) is 16.9 Å². The zero-order valence-corrected chi connectivity index (χ0v) is 21.5. The lowest BCUT2D eigenvalue weighted by Gasteiger charge is -2.26. The lowest BCUT2D eigenvalue weighted by molar-refractivity contribution is -0.142. The molecule has 0 radical (unpaired) electrons. The van der Waals surface area contributed by atoms with Crippen molar-refractivity contribution in [2.24, 2.45) is 17.4 Å². The number of carbonyl (C=O) groups excluding carboxylic acids is 3. The minimum atomic E-state index is -1.20. The van der Waals surface area contributed by atoms with Crippen LogP contribution in [0.5, 0.6) is 0 Å². The number of guanidine groups is 1. The molecule has 0 bridgehead atoms. The monoisotopic (exact) mass is 521 g/mol. The van der Waals surface area contributed by atoms with Gasteiger partial charge in [0.25, 0.3) is 0 Å². The molecular weight excluding hydrogens is 482 g/mol. The molecule has 0 saturated heterocycles. The van der Waals surface area contributed by atoms with Gasteiger partial charge in [-0.25, -0.2) is 4.79 Å². The number of hydrogen-bond donors (Lipinski definition) is 10. The SMILES string of the molecule is CC(C)C[C@H](NC(=O)[C@H](CCCNC(=N)N)NC(=O)[C@H](N)CCS)C(=O)N[C@@H](CCS)C(=O)O. The summed E-state index contributed by atoms with van der Waals surface area (Å²) in [6.45, 7) is 4.02. The van der Waals surface area contributed by atoms with Crippen LogP contribution in [0.3, 0.4) is 0 Å². The van der Waals surface area contributed by atoms with Crippen LogP contribution < -0.4 is 32.7 Å². The van der Waals surface area contributed by atoms with Crippen LogP contribution in [0.2, 0.25) is 0 Å². The second-order valence-corrected chi connectivity index (χ2v) is 9.16. The van der Waals surface area contributed by atoms with Crippen molar-refractivity contribution in [3.63, 3.8) is 0 Å². The predicted molar refractivity (Wildman–Crippen MR) is 137 cm³/mol. The molecule has 0 rings (SSSR count). The Bertz CT molecular complexity index is 696. The highest BCUT2D eigenvalue weighted by Gasteiger charge is 2.30. The Kier molecular flexibility index (Phi) is 16.2. The van der Waals surface area contributed by atoms with Crippen molar-refractivity contribution >= 4 is 54.9 Å². The van der Waals surface area contributed by atoms with E-state index >= 15 is 0 Å². The molecule has 34 heavy (non-hydrogen) atoms. The maximum absolute atomic E-state index is 13.1. The van der Waals surface area contributed by atoms with Crippen molar-refractivity contribution in [2.75, 3.05) is 18.1 Å². The zero-order valence-electron chi connectivity index (χ0n) is 19.7. The summed E-state index contributed by atoms with van der Waals surface area (Å²) < 4.78 is 0. The number of thiol groups is 2. The summed E-state index contributed by atoms with van der Waals surface area (Å²) in [5.74, 6) is -2.52. The topological polar surface area (TPSA) is 213 Å². The van der Waals surface area contributed by atoms with Crippen molar-refractivity contribution in [1.29, 1.82) is 5.41 Å². The third-order valence-electron chi connectivity index (χ3n) is 4.77. The molecule has 196 valence electrons. The first-order chi connectivity index (χ1) is 15.9. The van der Waals surface area contributed by atoms with Crippen LogP contribution in [0.25, 0.3) is 0 Å². The number of nitrogens with one attached hydrogen (secondary N) is 5. The van der Waals surface area contributed by atoms with E-state index in [0.717, 1.165) is 0 Å². The van der Waals surface area contributed by atoms with Gasteiger partial charge >= 0.3 is 5.97 Å². The van der Waals surface area contributed by atoms with Gasteiger partial charge in [0.15, 0.2) is 5.96 Å². The molecule has 0 aliphatic carbocycles. The molecule has 3 amide bonds. The smallest absolute Gasteiger partial charge is 0.326 e. The number of carboxylic acid groups (broad SMARTS) is 1. The van der Waals surface area contributed by atoms with Crippen molar-refractivity contribution < 1.29 is 24.3 Å². The molecule has 10 N–H and O–H groups in total. The quantitative estimate of drug-likeness (QED) is 0.0485. The minimum Gasteiger partial charge on any atom is -0.480 e. The van der Waals surface area contributed by atoms with Gasteiger partial charge in [-0.2, -0.15) is 25.3 Å². The van der Waals surface area contributed by atoms with Crippen molar-refractivity contribution in [3.05, 3.63) is 0 Å². The van der Waals surface area contributed by atoms with Gasteiger partial charge in [-0.15, -0.1) is 0 Å². The third-order valence-corrected chi connectivity index (χ3v) is 5.28. The van der Waals surface area contributed by atoms with Crippen LogP contribution in [0.1, 0.15) is 46.0 Å². The Morgan fingerprint density at radius 3 is 1.91 bits per heavy atom. The minimum absolute atomic E-state index is 0.0147. The molecule has 0 saturated carbocycles. The molecule has 0 fully saturated rings. The zero-order chi connectivity index (χ0) is 26.3. The molecule has 0 aliphatic heterocycles. The molecule has 14 heteroatoms. The summed E-state index contributed by atoms with van der Waals surface area (Å²) in [5.41, 5.74) is 11.1.